The Labute approximate surface area is 210 Å². The molecule has 0 radical (unpaired) electrons. The number of hydrogen-bond acceptors (Lipinski definition) is 9. The van der Waals surface area contributed by atoms with Gasteiger partial charge in [-0.25, -0.2) is 0 Å². The van der Waals surface area contributed by atoms with Crippen molar-refractivity contribution < 1.29 is 31.0 Å². The SMILES string of the molecule is Nc1ccc(SSc2ccc(N)cc2)cc1.O=S(=O)(O)c1ccc2cc(O)c(S(=O)(=O)O)cc2c1. The summed E-state index contributed by atoms with van der Waals surface area (Å²) in [4.78, 5) is 1.21. The van der Waals surface area contributed by atoms with Gasteiger partial charge in [0.05, 0.1) is 4.90 Å². The highest BCUT2D eigenvalue weighted by Gasteiger charge is 2.17. The molecule has 0 fully saturated rings. The standard InChI is InChI=1S/C12H12N2S2.C10H8O7S2/c13-9-1-5-11(6-2-9)15-16-12-7-3-10(14)4-8-12;11-9-4-6-1-2-8(18(12,13)14)3-7(6)5-10(9)19(15,16)17/h1-8H,13-14H2;1-5,11H,(H,12,13,14)(H,15,16,17). The van der Waals surface area contributed by atoms with Crippen molar-refractivity contribution in [2.75, 3.05) is 11.5 Å². The van der Waals surface area contributed by atoms with Crippen molar-refractivity contribution in [2.45, 2.75) is 19.6 Å². The summed E-state index contributed by atoms with van der Waals surface area (Å²) in [5, 5.41) is 9.94. The number of fused-ring (bicyclic) bond motifs is 1. The number of phenols is 1. The summed E-state index contributed by atoms with van der Waals surface area (Å²) in [7, 11) is -5.65. The molecule has 0 unspecified atom stereocenters. The lowest BCUT2D eigenvalue weighted by atomic mass is 10.1. The Morgan fingerprint density at radius 2 is 1.09 bits per heavy atom. The van der Waals surface area contributed by atoms with Crippen LogP contribution in [0, 0.1) is 0 Å². The molecule has 4 aromatic rings. The Kier molecular flexibility index (Phi) is 8.20. The Hall–Kier alpha value is -2.94. The number of aromatic hydroxyl groups is 1. The van der Waals surface area contributed by atoms with Crippen LogP contribution in [0.25, 0.3) is 10.8 Å². The molecule has 0 bridgehead atoms. The van der Waals surface area contributed by atoms with Crippen LogP contribution in [0.15, 0.2) is 98.4 Å². The van der Waals surface area contributed by atoms with Crippen LogP contribution in [0.4, 0.5) is 11.4 Å². The van der Waals surface area contributed by atoms with Crippen molar-refractivity contribution in [2.24, 2.45) is 0 Å². The van der Waals surface area contributed by atoms with Gasteiger partial charge >= 0.3 is 0 Å². The summed E-state index contributed by atoms with van der Waals surface area (Å²) in [5.41, 5.74) is 12.8. The molecule has 0 aromatic heterocycles. The molecule has 13 heteroatoms. The maximum absolute atomic E-state index is 11.0. The number of phenolic OH excluding ortho intramolecular Hbond substituents is 1. The summed E-state index contributed by atoms with van der Waals surface area (Å²) >= 11 is 0. The van der Waals surface area contributed by atoms with Crippen LogP contribution in [-0.2, 0) is 20.2 Å². The Bertz CT molecular complexity index is 1510. The lowest BCUT2D eigenvalue weighted by Crippen LogP contribution is -2.00. The molecule has 0 aliphatic carbocycles. The Morgan fingerprint density at radius 1 is 0.600 bits per heavy atom. The first-order valence-corrected chi connectivity index (χ1v) is 14.6. The van der Waals surface area contributed by atoms with Crippen molar-refractivity contribution in [1.82, 2.24) is 0 Å². The number of rotatable bonds is 5. The van der Waals surface area contributed by atoms with Crippen molar-refractivity contribution in [3.8, 4) is 5.75 Å². The molecule has 0 aliphatic heterocycles. The largest absolute Gasteiger partial charge is 0.506 e. The topological polar surface area (TPSA) is 181 Å². The van der Waals surface area contributed by atoms with Crippen LogP contribution in [0.3, 0.4) is 0 Å². The quantitative estimate of drug-likeness (QED) is 0.132. The summed E-state index contributed by atoms with van der Waals surface area (Å²) in [5.74, 6) is -0.658. The molecule has 0 atom stereocenters. The van der Waals surface area contributed by atoms with Crippen LogP contribution in [-0.4, -0.2) is 31.0 Å². The smallest absolute Gasteiger partial charge is 0.298 e. The third-order valence-electron chi connectivity index (χ3n) is 4.46. The van der Waals surface area contributed by atoms with Gasteiger partial charge in [0.15, 0.2) is 0 Å². The Morgan fingerprint density at radius 3 is 1.51 bits per heavy atom. The minimum atomic E-state index is -4.64. The van der Waals surface area contributed by atoms with E-state index in [0.717, 1.165) is 35.6 Å². The van der Waals surface area contributed by atoms with Crippen molar-refractivity contribution in [1.29, 1.82) is 0 Å². The van der Waals surface area contributed by atoms with Gasteiger partial charge in [0, 0.05) is 21.2 Å². The molecule has 0 amide bonds. The van der Waals surface area contributed by atoms with E-state index in [1.165, 1.54) is 15.9 Å². The molecule has 0 saturated heterocycles. The first-order valence-electron chi connectivity index (χ1n) is 9.60. The molecule has 0 heterocycles. The molecule has 9 nitrogen and oxygen atoms in total. The zero-order valence-corrected chi connectivity index (χ0v) is 21.0. The molecule has 7 N–H and O–H groups in total. The highest BCUT2D eigenvalue weighted by Crippen LogP contribution is 2.37. The fourth-order valence-electron chi connectivity index (χ4n) is 2.75. The van der Waals surface area contributed by atoms with Crippen LogP contribution in [0.2, 0.25) is 0 Å². The van der Waals surface area contributed by atoms with Gasteiger partial charge in [-0.15, -0.1) is 0 Å². The Balaban J connectivity index is 0.000000198. The second-order valence-corrected chi connectivity index (χ2v) is 12.2. The zero-order chi connectivity index (χ0) is 25.8. The minimum Gasteiger partial charge on any atom is -0.506 e. The molecule has 184 valence electrons. The molecule has 0 spiro atoms. The normalized spacial score (nSPS) is 11.6. The first-order chi connectivity index (χ1) is 16.3. The average Bonchev–Trinajstić information content (AvgIpc) is 2.78. The molecule has 35 heavy (non-hydrogen) atoms. The van der Waals surface area contributed by atoms with E-state index in [1.54, 1.807) is 21.6 Å². The number of hydrogen-bond donors (Lipinski definition) is 5. The predicted molar refractivity (Wildman–Crippen MR) is 139 cm³/mol. The fourth-order valence-corrected chi connectivity index (χ4v) is 5.80. The molecule has 0 saturated carbocycles. The summed E-state index contributed by atoms with van der Waals surface area (Å²) < 4.78 is 61.7. The van der Waals surface area contributed by atoms with Gasteiger partial charge < -0.3 is 16.6 Å². The van der Waals surface area contributed by atoms with Crippen molar-refractivity contribution in [3.05, 3.63) is 78.9 Å². The maximum Gasteiger partial charge on any atom is 0.298 e. The third kappa shape index (κ3) is 7.52. The van der Waals surface area contributed by atoms with Gasteiger partial charge in [-0.3, -0.25) is 9.11 Å². The second kappa shape index (κ2) is 10.8. The van der Waals surface area contributed by atoms with E-state index >= 15 is 0 Å². The van der Waals surface area contributed by atoms with Gasteiger partial charge in [-0.05, 0) is 83.6 Å². The number of nitrogen functional groups attached to an aromatic ring is 2. The van der Waals surface area contributed by atoms with Gasteiger partial charge in [0.25, 0.3) is 20.2 Å². The third-order valence-corrected chi connectivity index (χ3v) is 8.61. The molecular formula is C22H20N2O7S4. The molecule has 4 rings (SSSR count). The molecule has 0 aliphatic rings. The minimum absolute atomic E-state index is 0.126. The van der Waals surface area contributed by atoms with E-state index in [2.05, 4.69) is 0 Å². The van der Waals surface area contributed by atoms with E-state index in [9.17, 15) is 21.9 Å². The summed E-state index contributed by atoms with van der Waals surface area (Å²) in [6.45, 7) is 0. The first kappa shape index (κ1) is 26.7. The highest BCUT2D eigenvalue weighted by atomic mass is 33.1. The fraction of sp³-hybridized carbons (Fsp3) is 0. The van der Waals surface area contributed by atoms with E-state index in [-0.39, 0.29) is 5.39 Å². The number of nitrogens with two attached hydrogens (primary N) is 2. The lowest BCUT2D eigenvalue weighted by molar-refractivity contribution is 0.444. The predicted octanol–water partition coefficient (Wildman–Crippen LogP) is 4.69. The van der Waals surface area contributed by atoms with Crippen molar-refractivity contribution in [3.63, 3.8) is 0 Å². The van der Waals surface area contributed by atoms with E-state index in [0.29, 0.717) is 5.39 Å². The van der Waals surface area contributed by atoms with Crippen LogP contribution in [0.5, 0.6) is 5.75 Å². The molecular weight excluding hydrogens is 533 g/mol. The van der Waals surface area contributed by atoms with Gasteiger partial charge in [-0.1, -0.05) is 27.7 Å². The molecule has 4 aromatic carbocycles. The summed E-state index contributed by atoms with van der Waals surface area (Å²) in [6, 6.07) is 21.1. The van der Waals surface area contributed by atoms with E-state index < -0.39 is 35.8 Å². The second-order valence-electron chi connectivity index (χ2n) is 7.08. The number of benzene rings is 4. The van der Waals surface area contributed by atoms with Crippen molar-refractivity contribution >= 4 is 64.0 Å². The van der Waals surface area contributed by atoms with Crippen LogP contribution < -0.4 is 11.5 Å². The zero-order valence-electron chi connectivity index (χ0n) is 17.8. The number of anilines is 2. The maximum atomic E-state index is 11.0. The monoisotopic (exact) mass is 552 g/mol. The van der Waals surface area contributed by atoms with Gasteiger partial charge in [0.2, 0.25) is 0 Å². The van der Waals surface area contributed by atoms with Gasteiger partial charge in [-0.2, -0.15) is 16.8 Å². The van der Waals surface area contributed by atoms with Crippen LogP contribution in [0.1, 0.15) is 0 Å². The van der Waals surface area contributed by atoms with Crippen LogP contribution >= 0.6 is 21.6 Å². The summed E-state index contributed by atoms with van der Waals surface area (Å²) in [6.07, 6.45) is 0. The highest BCUT2D eigenvalue weighted by molar-refractivity contribution is 8.76. The van der Waals surface area contributed by atoms with Gasteiger partial charge in [0.1, 0.15) is 10.6 Å². The van der Waals surface area contributed by atoms with E-state index in [4.69, 9.17) is 20.6 Å². The van der Waals surface area contributed by atoms with E-state index in [1.807, 2.05) is 48.5 Å². The average molecular weight is 553 g/mol. The lowest BCUT2D eigenvalue weighted by Gasteiger charge is -2.05.